The first-order valence-electron chi connectivity index (χ1n) is 6.35. The molecule has 19 heavy (non-hydrogen) atoms. The van der Waals surface area contributed by atoms with Crippen molar-refractivity contribution in [2.45, 2.75) is 25.3 Å². The Bertz CT molecular complexity index is 476. The number of hydrogen-bond donors (Lipinski definition) is 0. The van der Waals surface area contributed by atoms with E-state index in [2.05, 4.69) is 5.10 Å². The third kappa shape index (κ3) is 3.53. The van der Waals surface area contributed by atoms with Gasteiger partial charge in [-0.15, -0.1) is 0 Å². The summed E-state index contributed by atoms with van der Waals surface area (Å²) in [5, 5.41) is 6.01. The zero-order valence-corrected chi connectivity index (χ0v) is 10.9. The van der Waals surface area contributed by atoms with E-state index in [4.69, 9.17) is 4.74 Å². The smallest absolute Gasteiger partial charge is 0.330 e. The summed E-state index contributed by atoms with van der Waals surface area (Å²) in [5.74, 6) is -0.566. The second-order valence-corrected chi connectivity index (χ2v) is 4.50. The minimum atomic E-state index is -0.330. The number of methoxy groups -OCH3 is 1. The lowest BCUT2D eigenvalue weighted by molar-refractivity contribution is -0.148. The molecule has 0 unspecified atom stereocenters. The van der Waals surface area contributed by atoms with E-state index in [1.54, 1.807) is 23.4 Å². The molecule has 4 nitrogen and oxygen atoms in total. The van der Waals surface area contributed by atoms with Gasteiger partial charge in [0, 0.05) is 6.54 Å². The molecule has 0 bridgehead atoms. The molecule has 1 aliphatic rings. The van der Waals surface area contributed by atoms with Crippen molar-refractivity contribution < 1.29 is 13.9 Å². The molecule has 0 radical (unpaired) electrons. The van der Waals surface area contributed by atoms with Gasteiger partial charge in [-0.2, -0.15) is 5.10 Å². The minimum Gasteiger partial charge on any atom is -0.467 e. The SMILES string of the molecule is COC(=O)[C@@H]1CCCCN1/N=C/c1cccc(F)c1. The zero-order valence-electron chi connectivity index (χ0n) is 10.9. The van der Waals surface area contributed by atoms with Crippen LogP contribution in [-0.2, 0) is 9.53 Å². The summed E-state index contributed by atoms with van der Waals surface area (Å²) in [6, 6.07) is 5.85. The Kier molecular flexibility index (Phi) is 4.49. The molecular formula is C14H17FN2O2. The van der Waals surface area contributed by atoms with Crippen LogP contribution in [0.5, 0.6) is 0 Å². The summed E-state index contributed by atoms with van der Waals surface area (Å²) in [4.78, 5) is 11.6. The molecule has 1 atom stereocenters. The van der Waals surface area contributed by atoms with Crippen LogP contribution >= 0.6 is 0 Å². The predicted molar refractivity (Wildman–Crippen MR) is 70.4 cm³/mol. The number of halogens is 1. The van der Waals surface area contributed by atoms with E-state index >= 15 is 0 Å². The third-order valence-corrected chi connectivity index (χ3v) is 3.15. The molecular weight excluding hydrogens is 247 g/mol. The van der Waals surface area contributed by atoms with E-state index in [1.807, 2.05) is 0 Å². The lowest BCUT2D eigenvalue weighted by atomic mass is 10.0. The van der Waals surface area contributed by atoms with Crippen molar-refractivity contribution in [1.82, 2.24) is 5.01 Å². The molecule has 5 heteroatoms. The van der Waals surface area contributed by atoms with Crippen LogP contribution in [0.15, 0.2) is 29.4 Å². The summed E-state index contributed by atoms with van der Waals surface area (Å²) in [7, 11) is 1.38. The van der Waals surface area contributed by atoms with Crippen LogP contribution in [-0.4, -0.2) is 36.9 Å². The topological polar surface area (TPSA) is 41.9 Å². The molecule has 0 saturated carbocycles. The van der Waals surface area contributed by atoms with Gasteiger partial charge in [0.15, 0.2) is 0 Å². The molecule has 2 rings (SSSR count). The average molecular weight is 264 g/mol. The molecule has 0 amide bonds. The van der Waals surface area contributed by atoms with Crippen LogP contribution in [0, 0.1) is 5.82 Å². The zero-order chi connectivity index (χ0) is 13.7. The van der Waals surface area contributed by atoms with Gasteiger partial charge in [-0.25, -0.2) is 9.18 Å². The Morgan fingerprint density at radius 1 is 1.53 bits per heavy atom. The highest BCUT2D eigenvalue weighted by atomic mass is 19.1. The number of hydrazone groups is 1. The summed E-state index contributed by atoms with van der Waals surface area (Å²) in [6.45, 7) is 0.714. The van der Waals surface area contributed by atoms with Crippen molar-refractivity contribution in [3.63, 3.8) is 0 Å². The van der Waals surface area contributed by atoms with Gasteiger partial charge in [0.2, 0.25) is 0 Å². The fourth-order valence-electron chi connectivity index (χ4n) is 2.16. The molecule has 0 aliphatic carbocycles. The van der Waals surface area contributed by atoms with Gasteiger partial charge in [-0.3, -0.25) is 5.01 Å². The molecule has 1 aliphatic heterocycles. The van der Waals surface area contributed by atoms with Crippen LogP contribution in [0.25, 0.3) is 0 Å². The van der Waals surface area contributed by atoms with Crippen molar-refractivity contribution in [1.29, 1.82) is 0 Å². The quantitative estimate of drug-likeness (QED) is 0.620. The van der Waals surface area contributed by atoms with Gasteiger partial charge in [0.1, 0.15) is 11.9 Å². The van der Waals surface area contributed by atoms with Crippen LogP contribution in [0.4, 0.5) is 4.39 Å². The van der Waals surface area contributed by atoms with Gasteiger partial charge in [0.05, 0.1) is 13.3 Å². The highest BCUT2D eigenvalue weighted by Gasteiger charge is 2.28. The van der Waals surface area contributed by atoms with Crippen molar-refractivity contribution in [2.75, 3.05) is 13.7 Å². The second-order valence-electron chi connectivity index (χ2n) is 4.50. The number of hydrogen-bond acceptors (Lipinski definition) is 4. The van der Waals surface area contributed by atoms with E-state index in [1.165, 1.54) is 19.2 Å². The Morgan fingerprint density at radius 2 is 2.37 bits per heavy atom. The molecule has 1 aromatic carbocycles. The van der Waals surface area contributed by atoms with Gasteiger partial charge in [0.25, 0.3) is 0 Å². The number of rotatable bonds is 3. The largest absolute Gasteiger partial charge is 0.467 e. The fraction of sp³-hybridized carbons (Fsp3) is 0.429. The summed E-state index contributed by atoms with van der Waals surface area (Å²) < 4.78 is 17.8. The average Bonchev–Trinajstić information content (AvgIpc) is 2.45. The molecule has 1 aromatic rings. The molecule has 1 saturated heterocycles. The fourth-order valence-corrected chi connectivity index (χ4v) is 2.16. The summed E-state index contributed by atoms with van der Waals surface area (Å²) in [5.41, 5.74) is 0.675. The van der Waals surface area contributed by atoms with Crippen LogP contribution in [0.3, 0.4) is 0 Å². The number of piperidine rings is 1. The maximum absolute atomic E-state index is 13.0. The predicted octanol–water partition coefficient (Wildman–Crippen LogP) is 2.19. The molecule has 0 N–H and O–H groups in total. The summed E-state index contributed by atoms with van der Waals surface area (Å²) in [6.07, 6.45) is 4.30. The Labute approximate surface area is 111 Å². The maximum Gasteiger partial charge on any atom is 0.330 e. The molecule has 0 aromatic heterocycles. The lowest BCUT2D eigenvalue weighted by Gasteiger charge is -2.31. The van der Waals surface area contributed by atoms with Crippen molar-refractivity contribution >= 4 is 12.2 Å². The molecule has 0 spiro atoms. The number of esters is 1. The standard InChI is InChI=1S/C14H17FN2O2/c1-19-14(18)13-7-2-3-8-17(13)16-10-11-5-4-6-12(15)9-11/h4-6,9-10,13H,2-3,7-8H2,1H3/b16-10+/t13-/m0/s1. The van der Waals surface area contributed by atoms with Crippen LogP contribution in [0.2, 0.25) is 0 Å². The van der Waals surface area contributed by atoms with Crippen molar-refractivity contribution in [2.24, 2.45) is 5.10 Å². The Hall–Kier alpha value is -1.91. The second kappa shape index (κ2) is 6.31. The number of carbonyl (C=O) groups excluding carboxylic acids is 1. The first-order valence-corrected chi connectivity index (χ1v) is 6.35. The summed E-state index contributed by atoms with van der Waals surface area (Å²) >= 11 is 0. The number of benzene rings is 1. The molecule has 1 heterocycles. The van der Waals surface area contributed by atoms with Crippen molar-refractivity contribution in [3.8, 4) is 0 Å². The minimum absolute atomic E-state index is 0.268. The van der Waals surface area contributed by atoms with Crippen molar-refractivity contribution in [3.05, 3.63) is 35.6 Å². The van der Waals surface area contributed by atoms with E-state index in [9.17, 15) is 9.18 Å². The van der Waals surface area contributed by atoms with E-state index in [0.717, 1.165) is 19.3 Å². The molecule has 102 valence electrons. The van der Waals surface area contributed by atoms with E-state index in [0.29, 0.717) is 12.1 Å². The van der Waals surface area contributed by atoms with Gasteiger partial charge in [-0.05, 0) is 37.0 Å². The van der Waals surface area contributed by atoms with Gasteiger partial charge in [-0.1, -0.05) is 12.1 Å². The number of nitrogens with zero attached hydrogens (tertiary/aromatic N) is 2. The van der Waals surface area contributed by atoms with Crippen LogP contribution < -0.4 is 0 Å². The first kappa shape index (κ1) is 13.5. The normalized spacial score (nSPS) is 19.7. The lowest BCUT2D eigenvalue weighted by Crippen LogP contribution is -2.42. The van der Waals surface area contributed by atoms with Gasteiger partial charge >= 0.3 is 5.97 Å². The Balaban J connectivity index is 2.09. The molecule has 1 fully saturated rings. The number of carbonyl (C=O) groups is 1. The third-order valence-electron chi connectivity index (χ3n) is 3.15. The van der Waals surface area contributed by atoms with E-state index in [-0.39, 0.29) is 17.8 Å². The highest BCUT2D eigenvalue weighted by molar-refractivity contribution is 5.80. The van der Waals surface area contributed by atoms with Crippen LogP contribution in [0.1, 0.15) is 24.8 Å². The highest BCUT2D eigenvalue weighted by Crippen LogP contribution is 2.18. The Morgan fingerprint density at radius 3 is 3.11 bits per heavy atom. The van der Waals surface area contributed by atoms with E-state index < -0.39 is 0 Å². The van der Waals surface area contributed by atoms with Gasteiger partial charge < -0.3 is 4.74 Å². The maximum atomic E-state index is 13.0. The monoisotopic (exact) mass is 264 g/mol. The first-order chi connectivity index (χ1) is 9.20. The number of ether oxygens (including phenoxy) is 1.